The maximum absolute atomic E-state index is 9.88. The van der Waals surface area contributed by atoms with Crippen molar-refractivity contribution >= 4 is 6.41 Å². The van der Waals surface area contributed by atoms with E-state index in [4.69, 9.17) is 4.74 Å². The molecule has 0 bridgehead atoms. The van der Waals surface area contributed by atoms with Crippen LogP contribution in [0.15, 0.2) is 0 Å². The van der Waals surface area contributed by atoms with Crippen LogP contribution in [0.5, 0.6) is 0 Å². The van der Waals surface area contributed by atoms with Crippen molar-refractivity contribution in [3.8, 4) is 0 Å². The molecule has 0 aromatic heterocycles. The molecule has 0 atom stereocenters. The van der Waals surface area contributed by atoms with Crippen LogP contribution in [0.4, 0.5) is 0 Å². The Morgan fingerprint density at radius 2 is 1.81 bits per heavy atom. The van der Waals surface area contributed by atoms with Crippen molar-refractivity contribution in [2.75, 3.05) is 40.9 Å². The van der Waals surface area contributed by atoms with Crippen LogP contribution in [0.25, 0.3) is 0 Å². The molecule has 0 saturated carbocycles. The SMILES string of the molecule is CCCN(C)C(C)C.COCCN(C)C=O. The van der Waals surface area contributed by atoms with E-state index in [9.17, 15) is 4.79 Å². The molecule has 0 spiro atoms. The quantitative estimate of drug-likeness (QED) is 0.623. The number of nitrogens with zero attached hydrogens (tertiary/aromatic N) is 2. The van der Waals surface area contributed by atoms with Crippen molar-refractivity contribution in [1.82, 2.24) is 9.80 Å². The number of hydrogen-bond donors (Lipinski definition) is 0. The summed E-state index contributed by atoms with van der Waals surface area (Å²) in [5.41, 5.74) is 0. The summed E-state index contributed by atoms with van der Waals surface area (Å²) in [5.74, 6) is 0. The topological polar surface area (TPSA) is 32.8 Å². The molecule has 4 heteroatoms. The van der Waals surface area contributed by atoms with Crippen LogP contribution in [-0.2, 0) is 9.53 Å². The Hall–Kier alpha value is -0.610. The third kappa shape index (κ3) is 13.4. The molecule has 0 heterocycles. The van der Waals surface area contributed by atoms with Crippen molar-refractivity contribution < 1.29 is 9.53 Å². The van der Waals surface area contributed by atoms with E-state index in [-0.39, 0.29) is 0 Å². The van der Waals surface area contributed by atoms with E-state index in [1.807, 2.05) is 0 Å². The first kappa shape index (κ1) is 17.8. The van der Waals surface area contributed by atoms with Gasteiger partial charge in [0.1, 0.15) is 0 Å². The van der Waals surface area contributed by atoms with Gasteiger partial charge >= 0.3 is 0 Å². The number of carbonyl (C=O) groups excluding carboxylic acids is 1. The first-order valence-corrected chi connectivity index (χ1v) is 5.84. The first-order valence-electron chi connectivity index (χ1n) is 5.84. The van der Waals surface area contributed by atoms with Crippen molar-refractivity contribution in [1.29, 1.82) is 0 Å². The molecule has 0 N–H and O–H groups in total. The minimum atomic E-state index is 0.606. The molecule has 4 nitrogen and oxygen atoms in total. The highest BCUT2D eigenvalue weighted by atomic mass is 16.5. The van der Waals surface area contributed by atoms with Crippen LogP contribution in [-0.4, -0.2) is 63.2 Å². The molecule has 0 radical (unpaired) electrons. The Bertz CT molecular complexity index is 152. The van der Waals surface area contributed by atoms with Gasteiger partial charge in [-0.25, -0.2) is 0 Å². The minimum Gasteiger partial charge on any atom is -0.383 e. The molecule has 98 valence electrons. The lowest BCUT2D eigenvalue weighted by atomic mass is 10.3. The second-order valence-electron chi connectivity index (χ2n) is 4.15. The monoisotopic (exact) mass is 232 g/mol. The average molecular weight is 232 g/mol. The number of rotatable bonds is 7. The van der Waals surface area contributed by atoms with Gasteiger partial charge in [-0.1, -0.05) is 6.92 Å². The van der Waals surface area contributed by atoms with E-state index in [2.05, 4.69) is 32.7 Å². The highest BCUT2D eigenvalue weighted by Gasteiger charge is 1.98. The van der Waals surface area contributed by atoms with Gasteiger partial charge in [0.2, 0.25) is 6.41 Å². The highest BCUT2D eigenvalue weighted by Crippen LogP contribution is 1.93. The lowest BCUT2D eigenvalue weighted by Gasteiger charge is -2.19. The third-order valence-corrected chi connectivity index (χ3v) is 2.29. The van der Waals surface area contributed by atoms with Gasteiger partial charge in [0, 0.05) is 26.7 Å². The Balaban J connectivity index is 0. The van der Waals surface area contributed by atoms with Crippen LogP contribution in [0.1, 0.15) is 27.2 Å². The minimum absolute atomic E-state index is 0.606. The summed E-state index contributed by atoms with van der Waals surface area (Å²) >= 11 is 0. The molecule has 0 saturated heterocycles. The summed E-state index contributed by atoms with van der Waals surface area (Å²) in [6, 6.07) is 0.704. The van der Waals surface area contributed by atoms with Crippen LogP contribution < -0.4 is 0 Å². The van der Waals surface area contributed by atoms with E-state index < -0.39 is 0 Å². The Labute approximate surface area is 101 Å². The van der Waals surface area contributed by atoms with Crippen LogP contribution in [0, 0.1) is 0 Å². The van der Waals surface area contributed by atoms with Crippen LogP contribution in [0.2, 0.25) is 0 Å². The van der Waals surface area contributed by atoms with E-state index >= 15 is 0 Å². The fraction of sp³-hybridized carbons (Fsp3) is 0.917. The second-order valence-corrected chi connectivity index (χ2v) is 4.15. The summed E-state index contributed by atoms with van der Waals surface area (Å²) in [7, 11) is 5.48. The number of amides is 1. The normalized spacial score (nSPS) is 10.0. The maximum Gasteiger partial charge on any atom is 0.209 e. The van der Waals surface area contributed by atoms with E-state index in [0.29, 0.717) is 19.2 Å². The fourth-order valence-electron chi connectivity index (χ4n) is 0.899. The molecular weight excluding hydrogens is 204 g/mol. The number of hydrogen-bond acceptors (Lipinski definition) is 3. The predicted octanol–water partition coefficient (Wildman–Crippen LogP) is 1.46. The van der Waals surface area contributed by atoms with E-state index in [1.54, 1.807) is 14.2 Å². The summed E-state index contributed by atoms with van der Waals surface area (Å²) in [4.78, 5) is 13.8. The summed E-state index contributed by atoms with van der Waals surface area (Å²) < 4.78 is 4.71. The van der Waals surface area contributed by atoms with Gasteiger partial charge < -0.3 is 14.5 Å². The zero-order valence-corrected chi connectivity index (χ0v) is 11.7. The molecule has 0 aliphatic rings. The average Bonchev–Trinajstić information content (AvgIpc) is 2.27. The molecule has 0 aromatic carbocycles. The molecule has 0 aliphatic heterocycles. The number of likely N-dealkylation sites (N-methyl/N-ethyl adjacent to an activating group) is 1. The van der Waals surface area contributed by atoms with Gasteiger partial charge in [0.25, 0.3) is 0 Å². The molecular formula is C12H28N2O2. The fourth-order valence-corrected chi connectivity index (χ4v) is 0.899. The Kier molecular flexibility index (Phi) is 13.8. The Morgan fingerprint density at radius 1 is 1.25 bits per heavy atom. The first-order chi connectivity index (χ1) is 7.49. The summed E-state index contributed by atoms with van der Waals surface area (Å²) in [6.07, 6.45) is 2.04. The third-order valence-electron chi connectivity index (χ3n) is 2.29. The largest absolute Gasteiger partial charge is 0.383 e. The molecule has 0 aliphatic carbocycles. The van der Waals surface area contributed by atoms with Crippen molar-refractivity contribution in [3.05, 3.63) is 0 Å². The standard InChI is InChI=1S/C7H17N.C5H11NO2/c1-5-6-8(4)7(2)3;1-6(5-7)3-4-8-2/h7H,5-6H2,1-4H3;5H,3-4H2,1-2H3. The molecule has 16 heavy (non-hydrogen) atoms. The maximum atomic E-state index is 9.88. The van der Waals surface area contributed by atoms with Crippen molar-refractivity contribution in [2.45, 2.75) is 33.2 Å². The van der Waals surface area contributed by atoms with Gasteiger partial charge in [-0.2, -0.15) is 0 Å². The lowest BCUT2D eigenvalue weighted by Crippen LogP contribution is -2.26. The summed E-state index contributed by atoms with van der Waals surface area (Å²) in [5, 5.41) is 0. The van der Waals surface area contributed by atoms with E-state index in [1.165, 1.54) is 17.9 Å². The van der Waals surface area contributed by atoms with Gasteiger partial charge in [-0.15, -0.1) is 0 Å². The molecule has 0 fully saturated rings. The van der Waals surface area contributed by atoms with Crippen LogP contribution >= 0.6 is 0 Å². The van der Waals surface area contributed by atoms with Gasteiger partial charge in [0.05, 0.1) is 6.61 Å². The van der Waals surface area contributed by atoms with Crippen molar-refractivity contribution in [3.63, 3.8) is 0 Å². The second kappa shape index (κ2) is 12.5. The molecule has 0 aromatic rings. The van der Waals surface area contributed by atoms with Crippen LogP contribution in [0.3, 0.4) is 0 Å². The molecule has 0 unspecified atom stereocenters. The Morgan fingerprint density at radius 3 is 2.06 bits per heavy atom. The molecule has 0 rings (SSSR count). The number of carbonyl (C=O) groups is 1. The smallest absolute Gasteiger partial charge is 0.209 e. The zero-order chi connectivity index (χ0) is 13.0. The number of ether oxygens (including phenoxy) is 1. The van der Waals surface area contributed by atoms with Gasteiger partial charge in [0.15, 0.2) is 0 Å². The number of methoxy groups -OCH3 is 1. The summed E-state index contributed by atoms with van der Waals surface area (Å²) in [6.45, 7) is 9.14. The lowest BCUT2D eigenvalue weighted by molar-refractivity contribution is -0.117. The van der Waals surface area contributed by atoms with Gasteiger partial charge in [-0.05, 0) is 33.9 Å². The van der Waals surface area contributed by atoms with E-state index in [0.717, 1.165) is 6.41 Å². The van der Waals surface area contributed by atoms with Crippen molar-refractivity contribution in [2.24, 2.45) is 0 Å². The zero-order valence-electron chi connectivity index (χ0n) is 11.7. The molecule has 1 amide bonds. The predicted molar refractivity (Wildman–Crippen MR) is 68.6 cm³/mol. The highest BCUT2D eigenvalue weighted by molar-refractivity contribution is 5.46. The van der Waals surface area contributed by atoms with Gasteiger partial charge in [-0.3, -0.25) is 4.79 Å².